The summed E-state index contributed by atoms with van der Waals surface area (Å²) < 4.78 is 0. The summed E-state index contributed by atoms with van der Waals surface area (Å²) in [5.74, 6) is -1.10. The monoisotopic (exact) mass is 285 g/mol. The number of carboxylic acid groups (broad SMARTS) is 1. The van der Waals surface area contributed by atoms with Crippen LogP contribution in [-0.2, 0) is 11.3 Å². The molecule has 2 heterocycles. The van der Waals surface area contributed by atoms with Crippen LogP contribution in [0.2, 0.25) is 0 Å². The van der Waals surface area contributed by atoms with E-state index in [2.05, 4.69) is 10.3 Å². The van der Waals surface area contributed by atoms with Gasteiger partial charge in [0.15, 0.2) is 0 Å². The first-order valence-corrected chi connectivity index (χ1v) is 6.71. The van der Waals surface area contributed by atoms with Crippen molar-refractivity contribution < 1.29 is 19.8 Å². The lowest BCUT2D eigenvalue weighted by molar-refractivity contribution is -0.141. The summed E-state index contributed by atoms with van der Waals surface area (Å²) in [7, 11) is 0. The molecule has 0 radical (unpaired) electrons. The van der Waals surface area contributed by atoms with Crippen LogP contribution in [-0.4, -0.2) is 50.8 Å². The van der Waals surface area contributed by atoms with Crippen LogP contribution in [0.15, 0.2) is 5.38 Å². The van der Waals surface area contributed by atoms with Crippen LogP contribution in [0, 0.1) is 6.92 Å². The van der Waals surface area contributed by atoms with Crippen LogP contribution in [0.3, 0.4) is 0 Å². The van der Waals surface area contributed by atoms with Crippen LogP contribution >= 0.6 is 11.3 Å². The summed E-state index contributed by atoms with van der Waals surface area (Å²) in [4.78, 5) is 28.2. The predicted molar refractivity (Wildman–Crippen MR) is 67.8 cm³/mol. The largest absolute Gasteiger partial charge is 0.480 e. The molecule has 7 nitrogen and oxygen atoms in total. The van der Waals surface area contributed by atoms with E-state index >= 15 is 0 Å². The molecule has 0 unspecified atom stereocenters. The number of aromatic nitrogens is 1. The molecule has 1 fully saturated rings. The smallest absolute Gasteiger partial charge is 0.326 e. The van der Waals surface area contributed by atoms with Gasteiger partial charge in [-0.15, -0.1) is 11.3 Å². The van der Waals surface area contributed by atoms with E-state index in [9.17, 15) is 14.7 Å². The topological polar surface area (TPSA) is 103 Å². The number of rotatable bonds is 3. The number of aryl methyl sites for hydroxylation is 1. The number of carboxylic acids is 1. The van der Waals surface area contributed by atoms with Gasteiger partial charge in [0.05, 0.1) is 12.6 Å². The number of likely N-dealkylation sites (tertiary alicyclic amines) is 1. The van der Waals surface area contributed by atoms with E-state index < -0.39 is 24.1 Å². The van der Waals surface area contributed by atoms with E-state index in [4.69, 9.17) is 5.11 Å². The van der Waals surface area contributed by atoms with Crippen molar-refractivity contribution in [2.75, 3.05) is 6.54 Å². The number of hydrogen-bond acceptors (Lipinski definition) is 5. The van der Waals surface area contributed by atoms with Gasteiger partial charge in [0.25, 0.3) is 0 Å². The van der Waals surface area contributed by atoms with E-state index in [1.165, 1.54) is 11.3 Å². The summed E-state index contributed by atoms with van der Waals surface area (Å²) in [5.41, 5.74) is 0.884. The first-order valence-electron chi connectivity index (χ1n) is 5.83. The lowest BCUT2D eigenvalue weighted by atomic mass is 10.2. The molecule has 19 heavy (non-hydrogen) atoms. The number of β-amino-alcohol motifs (C(OH)–C–C–N with tert-alkyl or cyclic N) is 1. The standard InChI is InChI=1S/C11H15N3O4S/c1-6-5-19-9(13-6)3-12-11(18)14-4-7(15)2-8(14)10(16)17/h5,7-8,15H,2-4H2,1H3,(H,12,18)(H,16,17)/t7-,8+/m1/s1. The zero-order valence-corrected chi connectivity index (χ0v) is 11.2. The number of aliphatic carboxylic acids is 1. The average Bonchev–Trinajstić information content (AvgIpc) is 2.92. The summed E-state index contributed by atoms with van der Waals surface area (Å²) in [5, 5.41) is 23.7. The van der Waals surface area contributed by atoms with Crippen LogP contribution in [0.25, 0.3) is 0 Å². The Kier molecular flexibility index (Phi) is 4.01. The van der Waals surface area contributed by atoms with Crippen molar-refractivity contribution >= 4 is 23.3 Å². The number of thiazole rings is 1. The van der Waals surface area contributed by atoms with Crippen LogP contribution in [0.1, 0.15) is 17.1 Å². The van der Waals surface area contributed by atoms with E-state index in [0.717, 1.165) is 15.6 Å². The summed E-state index contributed by atoms with van der Waals surface area (Å²) >= 11 is 1.43. The fraction of sp³-hybridized carbons (Fsp3) is 0.545. The third kappa shape index (κ3) is 3.21. The van der Waals surface area contributed by atoms with E-state index in [1.807, 2.05) is 12.3 Å². The molecule has 0 spiro atoms. The fourth-order valence-corrected chi connectivity index (χ4v) is 2.72. The molecule has 8 heteroatoms. The van der Waals surface area contributed by atoms with Gasteiger partial charge in [0, 0.05) is 24.0 Å². The number of nitrogens with one attached hydrogen (secondary N) is 1. The van der Waals surface area contributed by atoms with Gasteiger partial charge >= 0.3 is 12.0 Å². The third-order valence-electron chi connectivity index (χ3n) is 2.88. The number of aliphatic hydroxyl groups is 1. The number of carbonyl (C=O) groups excluding carboxylic acids is 1. The minimum atomic E-state index is -1.10. The lowest BCUT2D eigenvalue weighted by Crippen LogP contribution is -2.45. The molecule has 0 aromatic carbocycles. The summed E-state index contributed by atoms with van der Waals surface area (Å²) in [6, 6.07) is -1.45. The quantitative estimate of drug-likeness (QED) is 0.735. The third-order valence-corrected chi connectivity index (χ3v) is 3.85. The second-order valence-electron chi connectivity index (χ2n) is 4.44. The van der Waals surface area contributed by atoms with E-state index in [1.54, 1.807) is 0 Å². The molecular formula is C11H15N3O4S. The molecule has 2 amide bonds. The number of urea groups is 1. The van der Waals surface area contributed by atoms with Crippen molar-refractivity contribution in [2.24, 2.45) is 0 Å². The van der Waals surface area contributed by atoms with Crippen molar-refractivity contribution in [3.05, 3.63) is 16.1 Å². The van der Waals surface area contributed by atoms with Gasteiger partial charge < -0.3 is 20.4 Å². The normalized spacial score (nSPS) is 22.5. The highest BCUT2D eigenvalue weighted by Gasteiger charge is 2.38. The van der Waals surface area contributed by atoms with Gasteiger partial charge in [-0.25, -0.2) is 14.6 Å². The highest BCUT2D eigenvalue weighted by Crippen LogP contribution is 2.18. The van der Waals surface area contributed by atoms with Gasteiger partial charge in [0.2, 0.25) is 0 Å². The van der Waals surface area contributed by atoms with Crippen LogP contribution < -0.4 is 5.32 Å². The Bertz CT molecular complexity index is 490. The summed E-state index contributed by atoms with van der Waals surface area (Å²) in [6.07, 6.45) is -0.715. The molecule has 1 aromatic rings. The second kappa shape index (κ2) is 5.54. The van der Waals surface area contributed by atoms with Crippen LogP contribution in [0.4, 0.5) is 4.79 Å². The Morgan fingerprint density at radius 2 is 2.37 bits per heavy atom. The van der Waals surface area contributed by atoms with Gasteiger partial charge in [-0.2, -0.15) is 0 Å². The second-order valence-corrected chi connectivity index (χ2v) is 5.38. The first kappa shape index (κ1) is 13.8. The Balaban J connectivity index is 1.93. The Hall–Kier alpha value is -1.67. The number of amides is 2. The first-order chi connectivity index (χ1) is 8.97. The molecular weight excluding hydrogens is 270 g/mol. The number of aliphatic hydroxyl groups excluding tert-OH is 1. The predicted octanol–water partition coefficient (Wildman–Crippen LogP) is 0.181. The Morgan fingerprint density at radius 1 is 1.63 bits per heavy atom. The van der Waals surface area contributed by atoms with E-state index in [0.29, 0.717) is 0 Å². The molecule has 1 aliphatic heterocycles. The van der Waals surface area contributed by atoms with Gasteiger partial charge in [-0.05, 0) is 6.92 Å². The van der Waals surface area contributed by atoms with Gasteiger partial charge in [-0.1, -0.05) is 0 Å². The maximum Gasteiger partial charge on any atom is 0.326 e. The molecule has 0 saturated carbocycles. The number of carbonyl (C=O) groups is 2. The zero-order valence-electron chi connectivity index (χ0n) is 10.4. The highest BCUT2D eigenvalue weighted by atomic mass is 32.1. The minimum Gasteiger partial charge on any atom is -0.480 e. The molecule has 1 aromatic heterocycles. The van der Waals surface area contributed by atoms with Crippen LogP contribution in [0.5, 0.6) is 0 Å². The molecule has 3 N–H and O–H groups in total. The van der Waals surface area contributed by atoms with Crippen molar-refractivity contribution in [3.8, 4) is 0 Å². The zero-order chi connectivity index (χ0) is 14.0. The molecule has 1 saturated heterocycles. The minimum absolute atomic E-state index is 0.0414. The molecule has 2 rings (SSSR count). The number of hydrogen-bond donors (Lipinski definition) is 3. The maximum absolute atomic E-state index is 11.9. The van der Waals surface area contributed by atoms with Gasteiger partial charge in [-0.3, -0.25) is 0 Å². The molecule has 1 aliphatic rings. The molecule has 0 bridgehead atoms. The fourth-order valence-electron chi connectivity index (χ4n) is 2.01. The van der Waals surface area contributed by atoms with Crippen molar-refractivity contribution in [1.29, 1.82) is 0 Å². The lowest BCUT2D eigenvalue weighted by Gasteiger charge is -2.21. The Morgan fingerprint density at radius 3 is 2.95 bits per heavy atom. The molecule has 104 valence electrons. The van der Waals surface area contributed by atoms with Crippen molar-refractivity contribution in [1.82, 2.24) is 15.2 Å². The van der Waals surface area contributed by atoms with Gasteiger partial charge in [0.1, 0.15) is 11.0 Å². The maximum atomic E-state index is 11.9. The highest BCUT2D eigenvalue weighted by molar-refractivity contribution is 7.09. The Labute approximate surface area is 113 Å². The SMILES string of the molecule is Cc1csc(CNC(=O)N2C[C@H](O)C[C@H]2C(=O)O)n1. The number of nitrogens with zero attached hydrogens (tertiary/aromatic N) is 2. The van der Waals surface area contributed by atoms with Crippen molar-refractivity contribution in [3.63, 3.8) is 0 Å². The summed E-state index contributed by atoms with van der Waals surface area (Å²) in [6.45, 7) is 2.16. The molecule has 0 aliphatic carbocycles. The molecule has 2 atom stereocenters. The van der Waals surface area contributed by atoms with E-state index in [-0.39, 0.29) is 19.5 Å². The average molecular weight is 285 g/mol. The van der Waals surface area contributed by atoms with Crippen molar-refractivity contribution in [2.45, 2.75) is 32.0 Å².